The molecule has 220 valence electrons. The summed E-state index contributed by atoms with van der Waals surface area (Å²) in [5.41, 5.74) is 2.52. The number of hydrogen-bond acceptors (Lipinski definition) is 4. The van der Waals surface area contributed by atoms with Crippen LogP contribution in [0.25, 0.3) is 0 Å². The van der Waals surface area contributed by atoms with Crippen LogP contribution in [0.2, 0.25) is 0 Å². The van der Waals surface area contributed by atoms with Gasteiger partial charge in [0.2, 0.25) is 21.8 Å². The Balaban J connectivity index is 1.91. The predicted molar refractivity (Wildman–Crippen MR) is 161 cm³/mol. The number of nitrogens with one attached hydrogen (secondary N) is 1. The molecule has 0 heterocycles. The molecule has 3 aromatic carbocycles. The van der Waals surface area contributed by atoms with Gasteiger partial charge in [-0.1, -0.05) is 73.7 Å². The molecule has 0 aromatic heterocycles. The molecule has 0 radical (unpaired) electrons. The minimum atomic E-state index is -3.60. The number of halogens is 1. The monoisotopic (exact) mass is 581 g/mol. The number of anilines is 1. The molecular weight excluding hydrogens is 541 g/mol. The van der Waals surface area contributed by atoms with Gasteiger partial charge in [-0.3, -0.25) is 13.9 Å². The number of carbonyl (C=O) groups excluding carboxylic acids is 2. The molecule has 2 atom stereocenters. The first-order valence-electron chi connectivity index (χ1n) is 13.9. The molecule has 0 aliphatic heterocycles. The molecule has 0 saturated heterocycles. The van der Waals surface area contributed by atoms with E-state index in [1.54, 1.807) is 30.3 Å². The highest BCUT2D eigenvalue weighted by Crippen LogP contribution is 2.23. The number of aryl methyl sites for hydroxylation is 1. The van der Waals surface area contributed by atoms with E-state index < -0.39 is 21.9 Å². The van der Waals surface area contributed by atoms with Crippen LogP contribution in [0.3, 0.4) is 0 Å². The quantitative estimate of drug-likeness (QED) is 0.282. The fourth-order valence-electron chi connectivity index (χ4n) is 4.63. The Hall–Kier alpha value is -3.72. The van der Waals surface area contributed by atoms with Gasteiger partial charge in [0, 0.05) is 37.5 Å². The Morgan fingerprint density at radius 3 is 2.22 bits per heavy atom. The number of para-hydroxylation sites is 1. The Bertz CT molecular complexity index is 1420. The van der Waals surface area contributed by atoms with Crippen molar-refractivity contribution in [1.29, 1.82) is 0 Å². The summed E-state index contributed by atoms with van der Waals surface area (Å²) >= 11 is 0. The van der Waals surface area contributed by atoms with Crippen LogP contribution in [-0.2, 0) is 32.6 Å². The van der Waals surface area contributed by atoms with Crippen LogP contribution in [-0.4, -0.2) is 50.0 Å². The number of hydrogen-bond donors (Lipinski definition) is 1. The SMILES string of the molecule is CC[C@@H](C)NC(=O)[C@H](Cc1ccccc1)N(Cc1ccccc1F)C(=O)CCCN(c1ccccc1C)S(C)(=O)=O. The van der Waals surface area contributed by atoms with Crippen molar-refractivity contribution in [3.8, 4) is 0 Å². The van der Waals surface area contributed by atoms with E-state index in [1.165, 1.54) is 15.3 Å². The Morgan fingerprint density at radius 2 is 1.59 bits per heavy atom. The second-order valence-corrected chi connectivity index (χ2v) is 12.3. The third-order valence-corrected chi connectivity index (χ3v) is 8.29. The molecule has 0 aliphatic carbocycles. The molecule has 0 bridgehead atoms. The molecule has 3 rings (SSSR count). The Kier molecular flexibility index (Phi) is 11.5. The van der Waals surface area contributed by atoms with Crippen molar-refractivity contribution in [1.82, 2.24) is 10.2 Å². The summed E-state index contributed by atoms with van der Waals surface area (Å²) in [6.07, 6.45) is 2.31. The number of nitrogens with zero attached hydrogens (tertiary/aromatic N) is 2. The molecule has 9 heteroatoms. The maximum absolute atomic E-state index is 14.8. The summed E-state index contributed by atoms with van der Waals surface area (Å²) in [7, 11) is -3.60. The maximum Gasteiger partial charge on any atom is 0.243 e. The third-order valence-electron chi connectivity index (χ3n) is 7.11. The van der Waals surface area contributed by atoms with E-state index in [2.05, 4.69) is 5.32 Å². The molecule has 0 fully saturated rings. The van der Waals surface area contributed by atoms with Crippen LogP contribution < -0.4 is 9.62 Å². The highest BCUT2D eigenvalue weighted by Gasteiger charge is 2.31. The average molecular weight is 582 g/mol. The number of rotatable bonds is 14. The largest absolute Gasteiger partial charge is 0.352 e. The van der Waals surface area contributed by atoms with Gasteiger partial charge in [-0.15, -0.1) is 0 Å². The summed E-state index contributed by atoms with van der Waals surface area (Å²) in [5.74, 6) is -1.13. The van der Waals surface area contributed by atoms with E-state index >= 15 is 0 Å². The van der Waals surface area contributed by atoms with Gasteiger partial charge >= 0.3 is 0 Å². The molecule has 2 amide bonds. The molecular formula is C32H40FN3O4S. The molecule has 0 unspecified atom stereocenters. The maximum atomic E-state index is 14.8. The van der Waals surface area contributed by atoms with Gasteiger partial charge in [-0.05, 0) is 49.9 Å². The summed E-state index contributed by atoms with van der Waals surface area (Å²) in [6, 6.07) is 21.8. The highest BCUT2D eigenvalue weighted by atomic mass is 32.2. The van der Waals surface area contributed by atoms with Crippen LogP contribution >= 0.6 is 0 Å². The van der Waals surface area contributed by atoms with Crippen LogP contribution in [0.5, 0.6) is 0 Å². The standard InChI is InChI=1S/C32H40FN3O4S/c1-5-25(3)34-32(38)30(22-26-15-7-6-8-16-26)35(23-27-17-10-11-18-28(27)33)31(37)20-13-21-36(41(4,39)40)29-19-12-9-14-24(29)2/h6-12,14-19,25,30H,5,13,20-23H2,1-4H3,(H,34,38)/t25-,30+/m1/s1. The van der Waals surface area contributed by atoms with Crippen LogP contribution in [0, 0.1) is 12.7 Å². The molecule has 0 saturated carbocycles. The van der Waals surface area contributed by atoms with Crippen molar-refractivity contribution in [2.24, 2.45) is 0 Å². The number of benzene rings is 3. The molecule has 41 heavy (non-hydrogen) atoms. The fraction of sp³-hybridized carbons (Fsp3) is 0.375. The first kappa shape index (κ1) is 31.8. The number of carbonyl (C=O) groups is 2. The van der Waals surface area contributed by atoms with Gasteiger partial charge in [0.15, 0.2) is 0 Å². The van der Waals surface area contributed by atoms with Crippen LogP contribution in [0.15, 0.2) is 78.9 Å². The first-order chi connectivity index (χ1) is 19.5. The normalized spacial score (nSPS) is 12.8. The fourth-order valence-corrected chi connectivity index (χ4v) is 5.65. The van der Waals surface area contributed by atoms with E-state index in [0.717, 1.165) is 17.4 Å². The van der Waals surface area contributed by atoms with Gasteiger partial charge in [0.25, 0.3) is 0 Å². The second kappa shape index (κ2) is 14.8. The average Bonchev–Trinajstić information content (AvgIpc) is 2.94. The van der Waals surface area contributed by atoms with Gasteiger partial charge in [-0.2, -0.15) is 0 Å². The van der Waals surface area contributed by atoms with Crippen LogP contribution in [0.4, 0.5) is 10.1 Å². The van der Waals surface area contributed by atoms with Gasteiger partial charge in [0.05, 0.1) is 11.9 Å². The van der Waals surface area contributed by atoms with Gasteiger partial charge in [0.1, 0.15) is 11.9 Å². The lowest BCUT2D eigenvalue weighted by Gasteiger charge is -2.33. The Morgan fingerprint density at radius 1 is 0.951 bits per heavy atom. The van der Waals surface area contributed by atoms with Crippen LogP contribution in [0.1, 0.15) is 49.8 Å². The topological polar surface area (TPSA) is 86.8 Å². The summed E-state index contributed by atoms with van der Waals surface area (Å²) < 4.78 is 41.4. The van der Waals surface area contributed by atoms with Crippen molar-refractivity contribution >= 4 is 27.5 Å². The summed E-state index contributed by atoms with van der Waals surface area (Å²) in [4.78, 5) is 28.9. The molecule has 3 aromatic rings. The highest BCUT2D eigenvalue weighted by molar-refractivity contribution is 7.92. The lowest BCUT2D eigenvalue weighted by molar-refractivity contribution is -0.141. The molecule has 0 aliphatic rings. The molecule has 1 N–H and O–H groups in total. The van der Waals surface area contributed by atoms with E-state index in [4.69, 9.17) is 0 Å². The van der Waals surface area contributed by atoms with Crippen molar-refractivity contribution in [2.45, 2.75) is 65.1 Å². The molecule has 7 nitrogen and oxygen atoms in total. The minimum Gasteiger partial charge on any atom is -0.352 e. The van der Waals surface area contributed by atoms with Crippen molar-refractivity contribution in [3.05, 3.63) is 101 Å². The smallest absolute Gasteiger partial charge is 0.243 e. The minimum absolute atomic E-state index is 0.0196. The zero-order valence-corrected chi connectivity index (χ0v) is 25.0. The van der Waals surface area contributed by atoms with E-state index in [1.807, 2.05) is 63.2 Å². The molecule has 0 spiro atoms. The number of amides is 2. The Labute approximate surface area is 243 Å². The zero-order valence-electron chi connectivity index (χ0n) is 24.2. The van der Waals surface area contributed by atoms with Crippen molar-refractivity contribution < 1.29 is 22.4 Å². The number of sulfonamides is 1. The second-order valence-electron chi connectivity index (χ2n) is 10.4. The summed E-state index contributed by atoms with van der Waals surface area (Å²) in [5, 5.41) is 2.99. The van der Waals surface area contributed by atoms with Gasteiger partial charge in [-0.25, -0.2) is 12.8 Å². The van der Waals surface area contributed by atoms with E-state index in [9.17, 15) is 22.4 Å². The van der Waals surface area contributed by atoms with E-state index in [-0.39, 0.29) is 50.2 Å². The van der Waals surface area contributed by atoms with E-state index in [0.29, 0.717) is 17.7 Å². The lowest BCUT2D eigenvalue weighted by Crippen LogP contribution is -2.52. The predicted octanol–water partition coefficient (Wildman–Crippen LogP) is 5.24. The first-order valence-corrected chi connectivity index (χ1v) is 15.8. The van der Waals surface area contributed by atoms with Crippen molar-refractivity contribution in [3.63, 3.8) is 0 Å². The van der Waals surface area contributed by atoms with Crippen molar-refractivity contribution in [2.75, 3.05) is 17.1 Å². The van der Waals surface area contributed by atoms with Gasteiger partial charge < -0.3 is 10.2 Å². The summed E-state index contributed by atoms with van der Waals surface area (Å²) in [6.45, 7) is 5.68. The third kappa shape index (κ3) is 9.14. The zero-order chi connectivity index (χ0) is 30.0. The lowest BCUT2D eigenvalue weighted by atomic mass is 10.0.